The van der Waals surface area contributed by atoms with Gasteiger partial charge in [-0.05, 0) is 55.8 Å². The van der Waals surface area contributed by atoms with Crippen LogP contribution in [0.4, 0.5) is 5.69 Å². The van der Waals surface area contributed by atoms with Crippen LogP contribution in [0.3, 0.4) is 0 Å². The highest BCUT2D eigenvalue weighted by Gasteiger charge is 2.19. The summed E-state index contributed by atoms with van der Waals surface area (Å²) in [5.41, 5.74) is 1.69. The van der Waals surface area contributed by atoms with Gasteiger partial charge in [0.15, 0.2) is 12.7 Å². The van der Waals surface area contributed by atoms with Crippen LogP contribution in [-0.4, -0.2) is 52.0 Å². The number of anilines is 1. The maximum atomic E-state index is 12.6. The van der Waals surface area contributed by atoms with Crippen molar-refractivity contribution in [3.05, 3.63) is 54.1 Å². The lowest BCUT2D eigenvalue weighted by Crippen LogP contribution is -2.34. The molecule has 0 radical (unpaired) electrons. The summed E-state index contributed by atoms with van der Waals surface area (Å²) < 4.78 is 21.0. The molecular formula is C23H29NO6. The standard InChI is InChI=1S/C23H29NO6/c1-5-24(18-9-13-19(14-10-18)29-6-2)22(25)16-30-20-11-7-17(8-12-20)15-21(27-3)23(26)28-4/h7-14,21H,5-6,15-16H2,1-4H3. The van der Waals surface area contributed by atoms with Gasteiger partial charge in [0.2, 0.25) is 0 Å². The molecular weight excluding hydrogens is 386 g/mol. The highest BCUT2D eigenvalue weighted by molar-refractivity contribution is 5.94. The molecule has 0 heterocycles. The summed E-state index contributed by atoms with van der Waals surface area (Å²) in [5.74, 6) is 0.777. The molecule has 0 aliphatic heterocycles. The number of nitrogens with zero attached hydrogens (tertiary/aromatic N) is 1. The van der Waals surface area contributed by atoms with Crippen LogP contribution >= 0.6 is 0 Å². The summed E-state index contributed by atoms with van der Waals surface area (Å²) in [6.45, 7) is 4.88. The highest BCUT2D eigenvalue weighted by atomic mass is 16.6. The Morgan fingerprint density at radius 3 is 2.03 bits per heavy atom. The Morgan fingerprint density at radius 2 is 1.50 bits per heavy atom. The minimum absolute atomic E-state index is 0.0801. The maximum absolute atomic E-state index is 12.6. The Kier molecular flexibility index (Phi) is 9.15. The quantitative estimate of drug-likeness (QED) is 0.525. The molecule has 7 nitrogen and oxygen atoms in total. The molecule has 162 valence electrons. The number of rotatable bonds is 11. The van der Waals surface area contributed by atoms with E-state index in [-0.39, 0.29) is 12.5 Å². The van der Waals surface area contributed by atoms with Crippen LogP contribution in [0.2, 0.25) is 0 Å². The second kappa shape index (κ2) is 11.8. The molecule has 0 saturated carbocycles. The molecule has 2 aromatic rings. The third kappa shape index (κ3) is 6.49. The Bertz CT molecular complexity index is 803. The van der Waals surface area contributed by atoms with Crippen LogP contribution in [0, 0.1) is 0 Å². The van der Waals surface area contributed by atoms with Crippen LogP contribution in [-0.2, 0) is 25.5 Å². The third-order valence-electron chi connectivity index (χ3n) is 4.53. The van der Waals surface area contributed by atoms with Gasteiger partial charge in [0.05, 0.1) is 13.7 Å². The van der Waals surface area contributed by atoms with Gasteiger partial charge in [-0.2, -0.15) is 0 Å². The van der Waals surface area contributed by atoms with E-state index in [0.29, 0.717) is 25.3 Å². The fourth-order valence-electron chi connectivity index (χ4n) is 2.95. The number of hydrogen-bond acceptors (Lipinski definition) is 6. The number of amides is 1. The van der Waals surface area contributed by atoms with E-state index < -0.39 is 12.1 Å². The van der Waals surface area contributed by atoms with Crippen molar-refractivity contribution < 1.29 is 28.5 Å². The van der Waals surface area contributed by atoms with Crippen LogP contribution in [0.1, 0.15) is 19.4 Å². The van der Waals surface area contributed by atoms with Crippen LogP contribution in [0.5, 0.6) is 11.5 Å². The largest absolute Gasteiger partial charge is 0.494 e. The van der Waals surface area contributed by atoms with Crippen molar-refractivity contribution in [1.29, 1.82) is 0 Å². The molecule has 2 rings (SSSR count). The first-order valence-corrected chi connectivity index (χ1v) is 9.87. The minimum atomic E-state index is -0.657. The summed E-state index contributed by atoms with van der Waals surface area (Å²) in [6.07, 6.45) is -0.264. The summed E-state index contributed by atoms with van der Waals surface area (Å²) in [7, 11) is 2.80. The summed E-state index contributed by atoms with van der Waals surface area (Å²) >= 11 is 0. The molecule has 0 saturated heterocycles. The predicted octanol–water partition coefficient (Wildman–Crippen LogP) is 3.25. The zero-order chi connectivity index (χ0) is 21.9. The Labute approximate surface area is 177 Å². The molecule has 0 aliphatic carbocycles. The molecule has 1 unspecified atom stereocenters. The molecule has 0 fully saturated rings. The van der Waals surface area contributed by atoms with E-state index in [9.17, 15) is 9.59 Å². The number of carbonyl (C=O) groups excluding carboxylic acids is 2. The Hall–Kier alpha value is -3.06. The van der Waals surface area contributed by atoms with Crippen molar-refractivity contribution in [2.75, 3.05) is 38.9 Å². The number of likely N-dealkylation sites (N-methyl/N-ethyl adjacent to an activating group) is 1. The molecule has 0 N–H and O–H groups in total. The Morgan fingerprint density at radius 1 is 0.900 bits per heavy atom. The number of methoxy groups -OCH3 is 2. The van der Waals surface area contributed by atoms with E-state index in [1.807, 2.05) is 50.2 Å². The molecule has 2 aromatic carbocycles. The Balaban J connectivity index is 1.93. The van der Waals surface area contributed by atoms with Gasteiger partial charge in [-0.3, -0.25) is 4.79 Å². The highest BCUT2D eigenvalue weighted by Crippen LogP contribution is 2.20. The van der Waals surface area contributed by atoms with Gasteiger partial charge in [0.1, 0.15) is 11.5 Å². The molecule has 30 heavy (non-hydrogen) atoms. The minimum Gasteiger partial charge on any atom is -0.494 e. The van der Waals surface area contributed by atoms with Gasteiger partial charge < -0.3 is 23.8 Å². The number of hydrogen-bond donors (Lipinski definition) is 0. The fourth-order valence-corrected chi connectivity index (χ4v) is 2.95. The van der Waals surface area contributed by atoms with Gasteiger partial charge in [0.25, 0.3) is 5.91 Å². The maximum Gasteiger partial charge on any atom is 0.335 e. The summed E-state index contributed by atoms with van der Waals surface area (Å²) in [5, 5.41) is 0. The summed E-state index contributed by atoms with van der Waals surface area (Å²) in [4.78, 5) is 25.9. The molecule has 0 bridgehead atoms. The van der Waals surface area contributed by atoms with E-state index >= 15 is 0 Å². The van der Waals surface area contributed by atoms with Crippen LogP contribution < -0.4 is 14.4 Å². The zero-order valence-corrected chi connectivity index (χ0v) is 17.9. The third-order valence-corrected chi connectivity index (χ3v) is 4.53. The lowest BCUT2D eigenvalue weighted by molar-refractivity contribution is -0.152. The second-order valence-electron chi connectivity index (χ2n) is 6.45. The van der Waals surface area contributed by atoms with E-state index in [4.69, 9.17) is 18.9 Å². The van der Waals surface area contributed by atoms with E-state index in [1.165, 1.54) is 14.2 Å². The van der Waals surface area contributed by atoms with Crippen LogP contribution in [0.15, 0.2) is 48.5 Å². The molecule has 0 aliphatic rings. The van der Waals surface area contributed by atoms with Crippen molar-refractivity contribution in [1.82, 2.24) is 0 Å². The van der Waals surface area contributed by atoms with E-state index in [1.54, 1.807) is 17.0 Å². The molecule has 7 heteroatoms. The number of esters is 1. The SMILES string of the molecule is CCOc1ccc(N(CC)C(=O)COc2ccc(CC(OC)C(=O)OC)cc2)cc1. The predicted molar refractivity (Wildman–Crippen MR) is 114 cm³/mol. The van der Waals surface area contributed by atoms with Gasteiger partial charge in [-0.15, -0.1) is 0 Å². The van der Waals surface area contributed by atoms with Crippen LogP contribution in [0.25, 0.3) is 0 Å². The monoisotopic (exact) mass is 415 g/mol. The van der Waals surface area contributed by atoms with Gasteiger partial charge in [-0.1, -0.05) is 12.1 Å². The number of carbonyl (C=O) groups is 2. The first kappa shape index (κ1) is 23.2. The lowest BCUT2D eigenvalue weighted by atomic mass is 10.1. The van der Waals surface area contributed by atoms with Gasteiger partial charge in [0, 0.05) is 25.8 Å². The topological polar surface area (TPSA) is 74.3 Å². The van der Waals surface area contributed by atoms with Gasteiger partial charge in [-0.25, -0.2) is 4.79 Å². The average molecular weight is 415 g/mol. The normalized spacial score (nSPS) is 11.5. The molecule has 0 spiro atoms. The number of benzene rings is 2. The average Bonchev–Trinajstić information content (AvgIpc) is 2.78. The van der Waals surface area contributed by atoms with Crippen molar-refractivity contribution >= 4 is 17.6 Å². The smallest absolute Gasteiger partial charge is 0.335 e. The van der Waals surface area contributed by atoms with E-state index in [2.05, 4.69) is 0 Å². The van der Waals surface area contributed by atoms with E-state index in [0.717, 1.165) is 17.0 Å². The lowest BCUT2D eigenvalue weighted by Gasteiger charge is -2.21. The zero-order valence-electron chi connectivity index (χ0n) is 17.9. The van der Waals surface area contributed by atoms with Crippen molar-refractivity contribution in [2.45, 2.75) is 26.4 Å². The van der Waals surface area contributed by atoms with Gasteiger partial charge >= 0.3 is 5.97 Å². The fraction of sp³-hybridized carbons (Fsp3) is 0.391. The molecule has 1 amide bonds. The van der Waals surface area contributed by atoms with Crippen molar-refractivity contribution in [2.24, 2.45) is 0 Å². The van der Waals surface area contributed by atoms with Crippen molar-refractivity contribution in [3.63, 3.8) is 0 Å². The van der Waals surface area contributed by atoms with Crippen molar-refractivity contribution in [3.8, 4) is 11.5 Å². The second-order valence-corrected chi connectivity index (χ2v) is 6.45. The summed E-state index contributed by atoms with van der Waals surface area (Å²) in [6, 6.07) is 14.6. The first-order chi connectivity index (χ1) is 14.5. The molecule has 1 atom stereocenters. The first-order valence-electron chi connectivity index (χ1n) is 9.87. The number of ether oxygens (including phenoxy) is 4. The molecule has 0 aromatic heterocycles.